The molecule has 0 aliphatic rings. The largest absolute Gasteiger partial charge is 0.481 e. The van der Waals surface area contributed by atoms with Crippen molar-refractivity contribution < 1.29 is 9.53 Å². The fraction of sp³-hybridized carbons (Fsp3) is 0.435. The lowest BCUT2D eigenvalue weighted by atomic mass is 9.99. The minimum absolute atomic E-state index is 0.0597. The zero-order valence-corrected chi connectivity index (χ0v) is 17.0. The molecule has 0 fully saturated rings. The van der Waals surface area contributed by atoms with Crippen LogP contribution in [0, 0.1) is 20.8 Å². The second kappa shape index (κ2) is 8.39. The van der Waals surface area contributed by atoms with Gasteiger partial charge in [-0.1, -0.05) is 49.7 Å². The van der Waals surface area contributed by atoms with Crippen molar-refractivity contribution in [2.24, 2.45) is 0 Å². The summed E-state index contributed by atoms with van der Waals surface area (Å²) in [5, 5.41) is 3.08. The first-order valence-corrected chi connectivity index (χ1v) is 9.33. The molecule has 0 radical (unpaired) electrons. The van der Waals surface area contributed by atoms with E-state index in [0.717, 1.165) is 22.4 Å². The van der Waals surface area contributed by atoms with E-state index in [2.05, 4.69) is 63.3 Å². The van der Waals surface area contributed by atoms with Crippen molar-refractivity contribution >= 4 is 5.91 Å². The summed E-state index contributed by atoms with van der Waals surface area (Å²) in [5.41, 5.74) is 5.76. The Hall–Kier alpha value is -2.29. The van der Waals surface area contributed by atoms with E-state index in [-0.39, 0.29) is 11.9 Å². The molecule has 3 heteroatoms. The van der Waals surface area contributed by atoms with Crippen molar-refractivity contribution in [2.45, 2.75) is 66.5 Å². The smallest absolute Gasteiger partial charge is 0.261 e. The molecule has 1 amide bonds. The zero-order chi connectivity index (χ0) is 19.4. The maximum Gasteiger partial charge on any atom is 0.261 e. The van der Waals surface area contributed by atoms with E-state index >= 15 is 0 Å². The summed E-state index contributed by atoms with van der Waals surface area (Å²) >= 11 is 0. The Morgan fingerprint density at radius 2 is 1.50 bits per heavy atom. The number of nitrogens with one attached hydrogen (secondary N) is 1. The van der Waals surface area contributed by atoms with Gasteiger partial charge in [-0.05, 0) is 68.9 Å². The van der Waals surface area contributed by atoms with E-state index in [1.54, 1.807) is 6.92 Å². The van der Waals surface area contributed by atoms with E-state index in [9.17, 15) is 4.79 Å². The lowest BCUT2D eigenvalue weighted by molar-refractivity contribution is -0.127. The molecule has 140 valence electrons. The fourth-order valence-corrected chi connectivity index (χ4v) is 3.10. The Morgan fingerprint density at radius 3 is 2.15 bits per heavy atom. The van der Waals surface area contributed by atoms with Crippen LogP contribution in [0.3, 0.4) is 0 Å². The summed E-state index contributed by atoms with van der Waals surface area (Å²) in [4.78, 5) is 12.7. The van der Waals surface area contributed by atoms with E-state index in [0.29, 0.717) is 5.92 Å². The molecule has 0 spiro atoms. The normalized spacial score (nSPS) is 13.4. The van der Waals surface area contributed by atoms with Crippen molar-refractivity contribution in [2.75, 3.05) is 0 Å². The number of rotatable bonds is 6. The van der Waals surface area contributed by atoms with Crippen LogP contribution in [0.5, 0.6) is 5.75 Å². The van der Waals surface area contributed by atoms with Gasteiger partial charge in [0.15, 0.2) is 6.10 Å². The molecule has 0 heterocycles. The summed E-state index contributed by atoms with van der Waals surface area (Å²) in [5.74, 6) is 1.03. The van der Waals surface area contributed by atoms with Crippen molar-refractivity contribution in [3.8, 4) is 5.75 Å². The van der Waals surface area contributed by atoms with Crippen LogP contribution in [0.2, 0.25) is 0 Å². The number of amides is 1. The summed E-state index contributed by atoms with van der Waals surface area (Å²) in [6.07, 6.45) is -0.554. The quantitative estimate of drug-likeness (QED) is 0.757. The van der Waals surface area contributed by atoms with Gasteiger partial charge in [0.05, 0.1) is 6.04 Å². The zero-order valence-electron chi connectivity index (χ0n) is 17.0. The highest BCUT2D eigenvalue weighted by Gasteiger charge is 2.20. The lowest BCUT2D eigenvalue weighted by Gasteiger charge is -2.22. The molecule has 0 aromatic heterocycles. The van der Waals surface area contributed by atoms with Crippen LogP contribution in [0.1, 0.15) is 67.5 Å². The predicted octanol–water partition coefficient (Wildman–Crippen LogP) is 5.38. The van der Waals surface area contributed by atoms with Crippen LogP contribution < -0.4 is 10.1 Å². The summed E-state index contributed by atoms with van der Waals surface area (Å²) < 4.78 is 6.03. The monoisotopic (exact) mass is 353 g/mol. The third kappa shape index (κ3) is 4.87. The molecule has 2 aromatic rings. The van der Waals surface area contributed by atoms with Crippen LogP contribution in [-0.4, -0.2) is 12.0 Å². The number of hydrogen-bond acceptors (Lipinski definition) is 2. The number of aryl methyl sites for hydroxylation is 3. The highest BCUT2D eigenvalue weighted by atomic mass is 16.5. The van der Waals surface area contributed by atoms with Crippen molar-refractivity contribution in [1.82, 2.24) is 5.32 Å². The Labute approximate surface area is 157 Å². The fourth-order valence-electron chi connectivity index (χ4n) is 3.10. The highest BCUT2D eigenvalue weighted by Crippen LogP contribution is 2.28. The van der Waals surface area contributed by atoms with Gasteiger partial charge in [-0.25, -0.2) is 0 Å². The number of carbonyl (C=O) groups is 1. The molecule has 26 heavy (non-hydrogen) atoms. The van der Waals surface area contributed by atoms with Gasteiger partial charge >= 0.3 is 0 Å². The van der Waals surface area contributed by atoms with Gasteiger partial charge in [-0.15, -0.1) is 0 Å². The van der Waals surface area contributed by atoms with Crippen LogP contribution in [0.15, 0.2) is 36.4 Å². The Balaban J connectivity index is 2.11. The third-order valence-corrected chi connectivity index (χ3v) is 4.72. The topological polar surface area (TPSA) is 38.3 Å². The summed E-state index contributed by atoms with van der Waals surface area (Å²) in [6, 6.07) is 12.4. The van der Waals surface area contributed by atoms with Gasteiger partial charge in [-0.3, -0.25) is 4.79 Å². The molecule has 2 aromatic carbocycles. The Bertz CT molecular complexity index is 780. The van der Waals surface area contributed by atoms with Crippen molar-refractivity contribution in [3.05, 3.63) is 64.2 Å². The molecule has 0 bridgehead atoms. The van der Waals surface area contributed by atoms with E-state index in [1.807, 2.05) is 19.9 Å². The second-order valence-electron chi connectivity index (χ2n) is 7.55. The lowest BCUT2D eigenvalue weighted by Crippen LogP contribution is -2.38. The number of hydrogen-bond donors (Lipinski definition) is 1. The summed E-state index contributed by atoms with van der Waals surface area (Å²) in [7, 11) is 0. The van der Waals surface area contributed by atoms with Crippen LogP contribution in [0.4, 0.5) is 0 Å². The number of carbonyl (C=O) groups excluding carboxylic acids is 1. The maximum absolute atomic E-state index is 12.7. The average Bonchev–Trinajstić information content (AvgIpc) is 2.56. The predicted molar refractivity (Wildman–Crippen MR) is 108 cm³/mol. The number of ether oxygens (including phenoxy) is 1. The molecule has 2 rings (SSSR count). The molecular formula is C23H31NO2. The van der Waals surface area contributed by atoms with Gasteiger partial charge in [-0.2, -0.15) is 0 Å². The Kier molecular flexibility index (Phi) is 6.47. The van der Waals surface area contributed by atoms with E-state index in [1.165, 1.54) is 11.1 Å². The first-order chi connectivity index (χ1) is 12.2. The van der Waals surface area contributed by atoms with Crippen LogP contribution >= 0.6 is 0 Å². The van der Waals surface area contributed by atoms with Crippen LogP contribution in [0.25, 0.3) is 0 Å². The molecule has 0 saturated heterocycles. The summed E-state index contributed by atoms with van der Waals surface area (Å²) in [6.45, 7) is 14.2. The molecule has 2 atom stereocenters. The van der Waals surface area contributed by atoms with E-state index in [4.69, 9.17) is 4.74 Å². The second-order valence-corrected chi connectivity index (χ2v) is 7.55. The molecular weight excluding hydrogens is 322 g/mol. The molecule has 0 saturated carbocycles. The van der Waals surface area contributed by atoms with Gasteiger partial charge in [0, 0.05) is 0 Å². The first kappa shape index (κ1) is 20.0. The van der Waals surface area contributed by atoms with Gasteiger partial charge < -0.3 is 10.1 Å². The van der Waals surface area contributed by atoms with Gasteiger partial charge in [0.25, 0.3) is 5.91 Å². The van der Waals surface area contributed by atoms with Gasteiger partial charge in [0.1, 0.15) is 5.75 Å². The molecule has 0 aliphatic carbocycles. The number of benzene rings is 2. The average molecular weight is 354 g/mol. The van der Waals surface area contributed by atoms with Gasteiger partial charge in [0.2, 0.25) is 0 Å². The SMILES string of the molecule is Cc1ccc(C(C)C)c(O[C@@H](C)C(=O)N[C@H](C)c2cc(C)ccc2C)c1. The third-order valence-electron chi connectivity index (χ3n) is 4.72. The Morgan fingerprint density at radius 1 is 0.885 bits per heavy atom. The standard InChI is InChI=1S/C23H31NO2/c1-14(2)20-11-9-16(4)13-22(20)26-19(7)23(25)24-18(6)21-12-15(3)8-10-17(21)5/h8-14,18-19H,1-7H3,(H,24,25)/t18-,19+/m1/s1. The molecule has 0 aliphatic heterocycles. The van der Waals surface area contributed by atoms with Crippen molar-refractivity contribution in [1.29, 1.82) is 0 Å². The van der Waals surface area contributed by atoms with Crippen molar-refractivity contribution in [3.63, 3.8) is 0 Å². The molecule has 0 unspecified atom stereocenters. The van der Waals surface area contributed by atoms with Crippen LogP contribution in [-0.2, 0) is 4.79 Å². The minimum atomic E-state index is -0.554. The highest BCUT2D eigenvalue weighted by molar-refractivity contribution is 5.81. The molecule has 3 nitrogen and oxygen atoms in total. The van der Waals surface area contributed by atoms with E-state index < -0.39 is 6.10 Å². The maximum atomic E-state index is 12.7. The first-order valence-electron chi connectivity index (χ1n) is 9.33. The minimum Gasteiger partial charge on any atom is -0.481 e. The molecule has 1 N–H and O–H groups in total.